The van der Waals surface area contributed by atoms with Gasteiger partial charge in [-0.2, -0.15) is 0 Å². The van der Waals surface area contributed by atoms with E-state index in [1.807, 2.05) is 42.3 Å². The molecule has 0 aliphatic carbocycles. The molecule has 1 heterocycles. The zero-order chi connectivity index (χ0) is 16.2. The second-order valence-corrected chi connectivity index (χ2v) is 5.55. The molecule has 6 heteroatoms. The van der Waals surface area contributed by atoms with Gasteiger partial charge in [0.05, 0.1) is 17.6 Å². The number of likely N-dealkylation sites (N-methyl/N-ethyl adjacent to an activating group) is 1. The summed E-state index contributed by atoms with van der Waals surface area (Å²) < 4.78 is 0. The standard InChI is InChI=1S/C17H18N4O2/c1-21(10-12-5-3-2-4-6-12)11-16(22)18-13-7-8-14-15(9-13)20-17(23)19-14/h2-9H,10-11H2,1H3,(H,18,22)(H2,19,20,23). The molecule has 0 aliphatic heterocycles. The summed E-state index contributed by atoms with van der Waals surface area (Å²) in [6.45, 7) is 0.995. The van der Waals surface area contributed by atoms with Crippen LogP contribution in [0.1, 0.15) is 5.56 Å². The first-order chi connectivity index (χ1) is 11.1. The van der Waals surface area contributed by atoms with Crippen LogP contribution in [0.5, 0.6) is 0 Å². The van der Waals surface area contributed by atoms with Crippen LogP contribution in [-0.2, 0) is 11.3 Å². The van der Waals surface area contributed by atoms with Gasteiger partial charge in [0.1, 0.15) is 0 Å². The van der Waals surface area contributed by atoms with E-state index in [1.54, 1.807) is 18.2 Å². The van der Waals surface area contributed by atoms with E-state index in [-0.39, 0.29) is 18.1 Å². The molecule has 0 fully saturated rings. The predicted octanol–water partition coefficient (Wildman–Crippen LogP) is 1.93. The molecule has 0 atom stereocenters. The minimum atomic E-state index is -0.258. The van der Waals surface area contributed by atoms with Crippen molar-refractivity contribution in [1.29, 1.82) is 0 Å². The van der Waals surface area contributed by atoms with Crippen molar-refractivity contribution in [2.24, 2.45) is 0 Å². The molecule has 1 aromatic heterocycles. The van der Waals surface area contributed by atoms with Crippen molar-refractivity contribution in [3.05, 3.63) is 64.6 Å². The van der Waals surface area contributed by atoms with Crippen molar-refractivity contribution in [3.63, 3.8) is 0 Å². The van der Waals surface area contributed by atoms with Crippen LogP contribution in [0.3, 0.4) is 0 Å². The molecule has 0 saturated carbocycles. The van der Waals surface area contributed by atoms with Gasteiger partial charge in [-0.05, 0) is 30.8 Å². The minimum absolute atomic E-state index is 0.0966. The molecule has 1 amide bonds. The summed E-state index contributed by atoms with van der Waals surface area (Å²) in [4.78, 5) is 30.6. The van der Waals surface area contributed by atoms with Crippen LogP contribution in [0.25, 0.3) is 11.0 Å². The Morgan fingerprint density at radius 3 is 2.61 bits per heavy atom. The molecule has 0 radical (unpaired) electrons. The summed E-state index contributed by atoms with van der Waals surface area (Å²) in [5, 5.41) is 2.84. The first-order valence-electron chi connectivity index (χ1n) is 7.34. The third kappa shape index (κ3) is 3.87. The van der Waals surface area contributed by atoms with Crippen LogP contribution in [0.4, 0.5) is 5.69 Å². The van der Waals surface area contributed by atoms with E-state index >= 15 is 0 Å². The Morgan fingerprint density at radius 2 is 1.83 bits per heavy atom. The molecular weight excluding hydrogens is 292 g/mol. The highest BCUT2D eigenvalue weighted by atomic mass is 16.2. The number of carbonyl (C=O) groups excluding carboxylic acids is 1. The van der Waals surface area contributed by atoms with Crippen LogP contribution >= 0.6 is 0 Å². The van der Waals surface area contributed by atoms with Crippen molar-refractivity contribution >= 4 is 22.6 Å². The highest BCUT2D eigenvalue weighted by molar-refractivity contribution is 5.94. The third-order valence-corrected chi connectivity index (χ3v) is 3.51. The summed E-state index contributed by atoms with van der Waals surface area (Å²) in [5.41, 5.74) is 2.95. The number of aromatic amines is 2. The van der Waals surface area contributed by atoms with Crippen molar-refractivity contribution in [2.75, 3.05) is 18.9 Å². The van der Waals surface area contributed by atoms with Crippen molar-refractivity contribution in [1.82, 2.24) is 14.9 Å². The molecule has 6 nitrogen and oxygen atoms in total. The number of carbonyl (C=O) groups is 1. The fourth-order valence-electron chi connectivity index (χ4n) is 2.51. The molecule has 3 rings (SSSR count). The number of imidazole rings is 1. The average molecular weight is 310 g/mol. The number of hydrogen-bond donors (Lipinski definition) is 3. The maximum absolute atomic E-state index is 12.1. The van der Waals surface area contributed by atoms with Gasteiger partial charge in [-0.3, -0.25) is 9.69 Å². The Balaban J connectivity index is 1.60. The fraction of sp³-hybridized carbons (Fsp3) is 0.176. The third-order valence-electron chi connectivity index (χ3n) is 3.51. The van der Waals surface area contributed by atoms with Crippen LogP contribution < -0.4 is 11.0 Å². The van der Waals surface area contributed by atoms with E-state index in [0.29, 0.717) is 23.3 Å². The lowest BCUT2D eigenvalue weighted by Crippen LogP contribution is -2.29. The monoisotopic (exact) mass is 310 g/mol. The smallest absolute Gasteiger partial charge is 0.323 e. The largest absolute Gasteiger partial charge is 0.325 e. The number of fused-ring (bicyclic) bond motifs is 1. The highest BCUT2D eigenvalue weighted by Crippen LogP contribution is 2.14. The summed E-state index contributed by atoms with van der Waals surface area (Å²) in [5.74, 6) is -0.0966. The molecule has 0 bridgehead atoms. The molecular formula is C17H18N4O2. The van der Waals surface area contributed by atoms with Crippen LogP contribution in [-0.4, -0.2) is 34.4 Å². The van der Waals surface area contributed by atoms with E-state index in [0.717, 1.165) is 5.56 Å². The van der Waals surface area contributed by atoms with E-state index in [4.69, 9.17) is 0 Å². The maximum atomic E-state index is 12.1. The number of benzene rings is 2. The first-order valence-corrected chi connectivity index (χ1v) is 7.34. The summed E-state index contributed by atoms with van der Waals surface area (Å²) >= 11 is 0. The van der Waals surface area contributed by atoms with Gasteiger partial charge in [-0.15, -0.1) is 0 Å². The van der Waals surface area contributed by atoms with Gasteiger partial charge in [-0.1, -0.05) is 30.3 Å². The summed E-state index contributed by atoms with van der Waals surface area (Å²) in [6.07, 6.45) is 0. The topological polar surface area (TPSA) is 81.0 Å². The van der Waals surface area contributed by atoms with Crippen molar-refractivity contribution in [3.8, 4) is 0 Å². The predicted molar refractivity (Wildman–Crippen MR) is 90.3 cm³/mol. The molecule has 3 aromatic rings. The second kappa shape index (κ2) is 6.50. The Kier molecular flexibility index (Phi) is 4.25. The highest BCUT2D eigenvalue weighted by Gasteiger charge is 2.08. The zero-order valence-corrected chi connectivity index (χ0v) is 12.8. The zero-order valence-electron chi connectivity index (χ0n) is 12.8. The Hall–Kier alpha value is -2.86. The second-order valence-electron chi connectivity index (χ2n) is 5.55. The normalized spacial score (nSPS) is 11.0. The van der Waals surface area contributed by atoms with Crippen molar-refractivity contribution in [2.45, 2.75) is 6.54 Å². The first kappa shape index (κ1) is 15.1. The van der Waals surface area contributed by atoms with Gasteiger partial charge in [0.25, 0.3) is 0 Å². The molecule has 0 aliphatic rings. The Morgan fingerprint density at radius 1 is 1.09 bits per heavy atom. The number of nitrogens with zero attached hydrogens (tertiary/aromatic N) is 1. The number of aromatic nitrogens is 2. The number of nitrogens with one attached hydrogen (secondary N) is 3. The number of hydrogen-bond acceptors (Lipinski definition) is 3. The van der Waals surface area contributed by atoms with E-state index in [2.05, 4.69) is 15.3 Å². The number of anilines is 1. The van der Waals surface area contributed by atoms with Gasteiger partial charge in [0.15, 0.2) is 0 Å². The van der Waals surface area contributed by atoms with E-state index < -0.39 is 0 Å². The molecule has 0 unspecified atom stereocenters. The summed E-state index contributed by atoms with van der Waals surface area (Å²) in [7, 11) is 1.90. The van der Waals surface area contributed by atoms with Gasteiger partial charge in [0, 0.05) is 12.2 Å². The average Bonchev–Trinajstić information content (AvgIpc) is 2.87. The number of amides is 1. The Labute approximate surface area is 133 Å². The van der Waals surface area contributed by atoms with E-state index in [9.17, 15) is 9.59 Å². The van der Waals surface area contributed by atoms with Crippen LogP contribution in [0, 0.1) is 0 Å². The lowest BCUT2D eigenvalue weighted by molar-refractivity contribution is -0.117. The van der Waals surface area contributed by atoms with Gasteiger partial charge in [0.2, 0.25) is 5.91 Å². The molecule has 118 valence electrons. The minimum Gasteiger partial charge on any atom is -0.325 e. The van der Waals surface area contributed by atoms with Crippen molar-refractivity contribution < 1.29 is 4.79 Å². The maximum Gasteiger partial charge on any atom is 0.323 e. The van der Waals surface area contributed by atoms with E-state index in [1.165, 1.54) is 0 Å². The lowest BCUT2D eigenvalue weighted by atomic mass is 10.2. The summed E-state index contributed by atoms with van der Waals surface area (Å²) in [6, 6.07) is 15.3. The quantitative estimate of drug-likeness (QED) is 0.673. The molecule has 0 saturated heterocycles. The number of H-pyrrole nitrogens is 2. The fourth-order valence-corrected chi connectivity index (χ4v) is 2.51. The Bertz CT molecular complexity index is 867. The molecule has 2 aromatic carbocycles. The lowest BCUT2D eigenvalue weighted by Gasteiger charge is -2.16. The van der Waals surface area contributed by atoms with Crippen LogP contribution in [0.15, 0.2) is 53.3 Å². The molecule has 23 heavy (non-hydrogen) atoms. The molecule has 3 N–H and O–H groups in total. The number of rotatable bonds is 5. The van der Waals surface area contributed by atoms with Gasteiger partial charge >= 0.3 is 5.69 Å². The SMILES string of the molecule is CN(CC(=O)Nc1ccc2[nH]c(=O)[nH]c2c1)Cc1ccccc1. The molecule has 0 spiro atoms. The van der Waals surface area contributed by atoms with Gasteiger partial charge in [-0.25, -0.2) is 4.79 Å². The van der Waals surface area contributed by atoms with Gasteiger partial charge < -0.3 is 15.3 Å². The van der Waals surface area contributed by atoms with Crippen LogP contribution in [0.2, 0.25) is 0 Å².